The molecule has 0 unspecified atom stereocenters. The highest BCUT2D eigenvalue weighted by Gasteiger charge is 2.12. The third kappa shape index (κ3) is 7.80. The smallest absolute Gasteiger partial charge is 0.306 e. The van der Waals surface area contributed by atoms with E-state index in [4.69, 9.17) is 39.5 Å². The van der Waals surface area contributed by atoms with E-state index < -0.39 is 18.5 Å². The number of hydrogen-bond donors (Lipinski definition) is 2. The molecular formula is C20H18BrCl3N2O4. The van der Waals surface area contributed by atoms with Gasteiger partial charge in [-0.25, -0.2) is 0 Å². The maximum Gasteiger partial charge on any atom is 0.306 e. The number of rotatable bonds is 8. The van der Waals surface area contributed by atoms with Crippen LogP contribution in [0.2, 0.25) is 15.1 Å². The largest absolute Gasteiger partial charge is 0.456 e. The number of esters is 1. The minimum atomic E-state index is -0.571. The second-order valence-corrected chi connectivity index (χ2v) is 8.40. The molecule has 2 amide bonds. The predicted molar refractivity (Wildman–Crippen MR) is 122 cm³/mol. The van der Waals surface area contributed by atoms with Crippen molar-refractivity contribution in [3.05, 3.63) is 55.4 Å². The molecule has 160 valence electrons. The zero-order valence-electron chi connectivity index (χ0n) is 15.9. The van der Waals surface area contributed by atoms with Crippen molar-refractivity contribution in [2.24, 2.45) is 0 Å². The molecule has 0 aliphatic heterocycles. The molecule has 0 saturated heterocycles. The van der Waals surface area contributed by atoms with Gasteiger partial charge in [0, 0.05) is 28.7 Å². The van der Waals surface area contributed by atoms with E-state index in [1.165, 1.54) is 6.07 Å². The van der Waals surface area contributed by atoms with Crippen molar-refractivity contribution < 1.29 is 19.1 Å². The van der Waals surface area contributed by atoms with Gasteiger partial charge in [-0.05, 0) is 65.2 Å². The lowest BCUT2D eigenvalue weighted by molar-refractivity contribution is -0.147. The molecule has 0 saturated carbocycles. The number of anilines is 2. The van der Waals surface area contributed by atoms with Gasteiger partial charge in [0.15, 0.2) is 6.61 Å². The molecule has 6 nitrogen and oxygen atoms in total. The highest BCUT2D eigenvalue weighted by molar-refractivity contribution is 9.10. The lowest BCUT2D eigenvalue weighted by atomic mass is 10.2. The summed E-state index contributed by atoms with van der Waals surface area (Å²) in [5, 5.41) is 6.47. The minimum absolute atomic E-state index is 0.00517. The summed E-state index contributed by atoms with van der Waals surface area (Å²) in [6.45, 7) is 1.38. The molecule has 0 heterocycles. The van der Waals surface area contributed by atoms with Gasteiger partial charge >= 0.3 is 5.97 Å². The average molecular weight is 537 g/mol. The molecule has 2 aromatic rings. The number of hydrogen-bond acceptors (Lipinski definition) is 4. The zero-order valence-corrected chi connectivity index (χ0v) is 19.7. The van der Waals surface area contributed by atoms with E-state index in [-0.39, 0.29) is 25.2 Å². The Kier molecular flexibility index (Phi) is 9.42. The molecule has 30 heavy (non-hydrogen) atoms. The van der Waals surface area contributed by atoms with Crippen molar-refractivity contribution in [1.82, 2.24) is 0 Å². The van der Waals surface area contributed by atoms with Gasteiger partial charge in [-0.3, -0.25) is 14.4 Å². The van der Waals surface area contributed by atoms with Gasteiger partial charge in [0.25, 0.3) is 5.91 Å². The van der Waals surface area contributed by atoms with Crippen LogP contribution in [0, 0.1) is 6.92 Å². The molecule has 10 heteroatoms. The molecular weight excluding hydrogens is 518 g/mol. The summed E-state index contributed by atoms with van der Waals surface area (Å²) in [5.74, 6) is -1.33. The maximum atomic E-state index is 12.0. The summed E-state index contributed by atoms with van der Waals surface area (Å²) in [5.41, 5.74) is 1.85. The van der Waals surface area contributed by atoms with Crippen molar-refractivity contribution in [2.75, 3.05) is 17.2 Å². The van der Waals surface area contributed by atoms with Crippen LogP contribution in [0.4, 0.5) is 11.4 Å². The first-order valence-electron chi connectivity index (χ1n) is 8.81. The third-order valence-corrected chi connectivity index (χ3v) is 5.83. The van der Waals surface area contributed by atoms with E-state index in [0.717, 1.165) is 5.56 Å². The van der Waals surface area contributed by atoms with E-state index in [2.05, 4.69) is 26.6 Å². The topological polar surface area (TPSA) is 84.5 Å². The van der Waals surface area contributed by atoms with Gasteiger partial charge in [0.05, 0.1) is 15.1 Å². The normalized spacial score (nSPS) is 10.4. The number of ether oxygens (including phenoxy) is 1. The minimum Gasteiger partial charge on any atom is -0.456 e. The molecule has 0 bridgehead atoms. The van der Waals surface area contributed by atoms with Crippen molar-refractivity contribution >= 4 is 79.9 Å². The molecule has 2 aromatic carbocycles. The fourth-order valence-corrected chi connectivity index (χ4v) is 3.30. The van der Waals surface area contributed by atoms with Gasteiger partial charge in [0.1, 0.15) is 0 Å². The highest BCUT2D eigenvalue weighted by Crippen LogP contribution is 2.29. The molecule has 0 aliphatic carbocycles. The van der Waals surface area contributed by atoms with Crippen LogP contribution in [0.3, 0.4) is 0 Å². The first kappa shape index (κ1) is 24.5. The molecule has 0 spiro atoms. The number of halogens is 4. The van der Waals surface area contributed by atoms with Gasteiger partial charge < -0.3 is 15.4 Å². The predicted octanol–water partition coefficient (Wildman–Crippen LogP) is 6.01. The van der Waals surface area contributed by atoms with Crippen LogP contribution < -0.4 is 10.6 Å². The fourth-order valence-electron chi connectivity index (χ4n) is 2.38. The monoisotopic (exact) mass is 534 g/mol. The van der Waals surface area contributed by atoms with Crippen LogP contribution in [0.1, 0.15) is 24.8 Å². The Morgan fingerprint density at radius 2 is 1.67 bits per heavy atom. The molecule has 0 radical (unpaired) electrons. The van der Waals surface area contributed by atoms with E-state index in [1.54, 1.807) is 24.3 Å². The Balaban J connectivity index is 1.69. The molecule has 2 N–H and O–H groups in total. The average Bonchev–Trinajstić information content (AvgIpc) is 2.67. The third-order valence-electron chi connectivity index (χ3n) is 3.89. The second-order valence-electron chi connectivity index (χ2n) is 6.32. The maximum absolute atomic E-state index is 12.0. The number of nitrogens with one attached hydrogen (secondary N) is 2. The Labute approximate surface area is 197 Å². The van der Waals surface area contributed by atoms with E-state index >= 15 is 0 Å². The number of carbonyl (C=O) groups excluding carboxylic acids is 3. The van der Waals surface area contributed by atoms with Gasteiger partial charge in [-0.2, -0.15) is 0 Å². The Bertz CT molecular complexity index is 969. The van der Waals surface area contributed by atoms with E-state index in [0.29, 0.717) is 30.9 Å². The molecule has 0 fully saturated rings. The van der Waals surface area contributed by atoms with Gasteiger partial charge in [-0.15, -0.1) is 0 Å². The SMILES string of the molecule is Cc1cc(Br)c(Cl)cc1NC(=O)COC(=O)CCCC(=O)Nc1ccc(Cl)c(Cl)c1. The fraction of sp³-hybridized carbons (Fsp3) is 0.250. The Hall–Kier alpha value is -1.80. The van der Waals surface area contributed by atoms with Crippen LogP contribution in [-0.2, 0) is 19.1 Å². The number of benzene rings is 2. The van der Waals surface area contributed by atoms with Crippen LogP contribution in [-0.4, -0.2) is 24.4 Å². The summed E-state index contributed by atoms with van der Waals surface area (Å²) in [6, 6.07) is 8.11. The highest BCUT2D eigenvalue weighted by atomic mass is 79.9. The summed E-state index contributed by atoms with van der Waals surface area (Å²) in [6.07, 6.45) is 0.387. The van der Waals surface area contributed by atoms with Crippen molar-refractivity contribution in [1.29, 1.82) is 0 Å². The van der Waals surface area contributed by atoms with Crippen LogP contribution in [0.5, 0.6) is 0 Å². The van der Waals surface area contributed by atoms with Crippen molar-refractivity contribution in [2.45, 2.75) is 26.2 Å². The first-order valence-corrected chi connectivity index (χ1v) is 10.7. The van der Waals surface area contributed by atoms with Crippen molar-refractivity contribution in [3.63, 3.8) is 0 Å². The Morgan fingerprint density at radius 3 is 2.37 bits per heavy atom. The van der Waals surface area contributed by atoms with Crippen LogP contribution >= 0.6 is 50.7 Å². The summed E-state index contributed by atoms with van der Waals surface area (Å²) in [7, 11) is 0. The van der Waals surface area contributed by atoms with Gasteiger partial charge in [-0.1, -0.05) is 34.8 Å². The summed E-state index contributed by atoms with van der Waals surface area (Å²) < 4.78 is 5.66. The lowest BCUT2D eigenvalue weighted by Gasteiger charge is -2.10. The summed E-state index contributed by atoms with van der Waals surface area (Å²) >= 11 is 21.0. The van der Waals surface area contributed by atoms with Crippen molar-refractivity contribution in [3.8, 4) is 0 Å². The molecule has 0 atom stereocenters. The zero-order chi connectivity index (χ0) is 22.3. The lowest BCUT2D eigenvalue weighted by Crippen LogP contribution is -2.21. The molecule has 2 rings (SSSR count). The van der Waals surface area contributed by atoms with E-state index in [1.807, 2.05) is 6.92 Å². The second kappa shape index (κ2) is 11.6. The van der Waals surface area contributed by atoms with E-state index in [9.17, 15) is 14.4 Å². The van der Waals surface area contributed by atoms with Crippen LogP contribution in [0.25, 0.3) is 0 Å². The summed E-state index contributed by atoms with van der Waals surface area (Å²) in [4.78, 5) is 35.7. The quantitative estimate of drug-likeness (QED) is 0.405. The first-order chi connectivity index (χ1) is 14.2. The molecule has 0 aromatic heterocycles. The number of aryl methyl sites for hydroxylation is 1. The number of amides is 2. The number of carbonyl (C=O) groups is 3. The van der Waals surface area contributed by atoms with Gasteiger partial charge in [0.2, 0.25) is 5.91 Å². The molecule has 0 aliphatic rings. The standard InChI is InChI=1S/C20H18BrCl3N2O4/c1-11-7-13(21)15(23)9-17(11)26-19(28)10-30-20(29)4-2-3-18(27)25-12-5-6-14(22)16(24)8-12/h5-9H,2-4,10H2,1H3,(H,25,27)(H,26,28). The Morgan fingerprint density at radius 1 is 0.933 bits per heavy atom. The van der Waals surface area contributed by atoms with Crippen LogP contribution in [0.15, 0.2) is 34.8 Å².